The summed E-state index contributed by atoms with van der Waals surface area (Å²) >= 11 is 13.5. The highest BCUT2D eigenvalue weighted by Gasteiger charge is 2.32. The summed E-state index contributed by atoms with van der Waals surface area (Å²) in [5.41, 5.74) is 2.51. The van der Waals surface area contributed by atoms with Crippen molar-refractivity contribution in [1.82, 2.24) is 5.01 Å². The van der Waals surface area contributed by atoms with Crippen LogP contribution < -0.4 is 5.32 Å². The highest BCUT2D eigenvalue weighted by atomic mass is 35.5. The molecule has 0 fully saturated rings. The van der Waals surface area contributed by atoms with E-state index in [1.165, 1.54) is 11.8 Å². The van der Waals surface area contributed by atoms with E-state index in [1.54, 1.807) is 18.2 Å². The molecule has 8 heteroatoms. The van der Waals surface area contributed by atoms with Gasteiger partial charge in [0.1, 0.15) is 0 Å². The summed E-state index contributed by atoms with van der Waals surface area (Å²) in [6.07, 6.45) is 2.71. The van der Waals surface area contributed by atoms with Crippen molar-refractivity contribution in [2.45, 2.75) is 12.5 Å². The van der Waals surface area contributed by atoms with Gasteiger partial charge < -0.3 is 5.32 Å². The van der Waals surface area contributed by atoms with Crippen molar-refractivity contribution in [1.29, 1.82) is 0 Å². The van der Waals surface area contributed by atoms with Gasteiger partial charge in [-0.3, -0.25) is 4.79 Å². The summed E-state index contributed by atoms with van der Waals surface area (Å²) in [6, 6.07) is 13.3. The third kappa shape index (κ3) is 3.32. The first-order valence-electron chi connectivity index (χ1n) is 7.99. The third-order valence-corrected chi connectivity index (χ3v) is 5.67. The van der Waals surface area contributed by atoms with Crippen LogP contribution in [0.4, 0.5) is 11.4 Å². The molecule has 0 bridgehead atoms. The van der Waals surface area contributed by atoms with E-state index < -0.39 is 0 Å². The Hall–Kier alpha value is -2.02. The molecule has 1 atom stereocenters. The number of rotatable bonds is 3. The first-order valence-corrected chi connectivity index (χ1v) is 9.73. The van der Waals surface area contributed by atoms with Gasteiger partial charge >= 0.3 is 0 Å². The minimum atomic E-state index is -0.203. The van der Waals surface area contributed by atoms with Crippen molar-refractivity contribution in [3.8, 4) is 0 Å². The van der Waals surface area contributed by atoms with Gasteiger partial charge in [-0.15, -0.1) is 0 Å². The molecule has 0 saturated heterocycles. The molecule has 1 amide bonds. The van der Waals surface area contributed by atoms with Crippen molar-refractivity contribution >= 4 is 63.6 Å². The molecule has 2 aromatic rings. The average Bonchev–Trinajstić information content (AvgIpc) is 3.13. The Bertz CT molecular complexity index is 911. The van der Waals surface area contributed by atoms with E-state index in [0.29, 0.717) is 20.9 Å². The molecule has 26 heavy (non-hydrogen) atoms. The predicted octanol–water partition coefficient (Wildman–Crippen LogP) is 5.10. The third-order valence-electron chi connectivity index (χ3n) is 4.10. The van der Waals surface area contributed by atoms with Crippen LogP contribution in [0, 0.1) is 0 Å². The molecule has 0 radical (unpaired) electrons. The van der Waals surface area contributed by atoms with Crippen LogP contribution in [0.3, 0.4) is 0 Å². The Morgan fingerprint density at radius 2 is 1.96 bits per heavy atom. The van der Waals surface area contributed by atoms with E-state index >= 15 is 0 Å². The van der Waals surface area contributed by atoms with Gasteiger partial charge in [-0.1, -0.05) is 59.2 Å². The number of thioether (sulfide) groups is 1. The number of nitrogens with one attached hydrogen (secondary N) is 1. The number of carbonyl (C=O) groups is 1. The molecular formula is C18H14Cl2N4OS. The molecular weight excluding hydrogens is 391 g/mol. The van der Waals surface area contributed by atoms with Crippen LogP contribution in [0.25, 0.3) is 0 Å². The van der Waals surface area contributed by atoms with Crippen LogP contribution in [0.1, 0.15) is 18.0 Å². The van der Waals surface area contributed by atoms with Gasteiger partial charge in [0.25, 0.3) is 0 Å². The maximum Gasteiger partial charge on any atom is 0.234 e. The van der Waals surface area contributed by atoms with Gasteiger partial charge in [-0.05, 0) is 18.2 Å². The normalized spacial score (nSPS) is 17.5. The standard InChI is InChI=1S/C18H14Cl2N4OS/c19-12-5-3-6-13(20)17(12)23-16(25)10-26-18-22-14-7-2-1-4-11(14)15-8-9-21-24(15)18/h1-7,9,15H,8,10H2,(H,23,25). The lowest BCUT2D eigenvalue weighted by Crippen LogP contribution is -2.29. The zero-order chi connectivity index (χ0) is 18.1. The van der Waals surface area contributed by atoms with Crippen molar-refractivity contribution in [2.75, 3.05) is 11.1 Å². The number of benzene rings is 2. The molecule has 2 aliphatic heterocycles. The number of carbonyl (C=O) groups excluding carboxylic acids is 1. The molecule has 2 aromatic carbocycles. The van der Waals surface area contributed by atoms with Crippen LogP contribution in [-0.4, -0.2) is 28.1 Å². The Balaban J connectivity index is 1.48. The Morgan fingerprint density at radius 3 is 2.77 bits per heavy atom. The van der Waals surface area contributed by atoms with Crippen LogP contribution in [-0.2, 0) is 4.79 Å². The van der Waals surface area contributed by atoms with E-state index in [-0.39, 0.29) is 17.7 Å². The SMILES string of the molecule is O=C(CSC1=Nc2ccccc2C2CC=NN12)Nc1c(Cl)cccc1Cl. The highest BCUT2D eigenvalue weighted by Crippen LogP contribution is 2.41. The van der Waals surface area contributed by atoms with E-state index in [1.807, 2.05) is 29.4 Å². The van der Waals surface area contributed by atoms with E-state index in [2.05, 4.69) is 21.5 Å². The zero-order valence-corrected chi connectivity index (χ0v) is 15.9. The van der Waals surface area contributed by atoms with Crippen LogP contribution in [0.15, 0.2) is 52.6 Å². The monoisotopic (exact) mass is 404 g/mol. The van der Waals surface area contributed by atoms with Gasteiger partial charge in [-0.2, -0.15) is 5.10 Å². The summed E-state index contributed by atoms with van der Waals surface area (Å²) in [5.74, 6) is -0.0207. The van der Waals surface area contributed by atoms with Crippen molar-refractivity contribution in [3.05, 3.63) is 58.1 Å². The second kappa shape index (κ2) is 7.31. The molecule has 2 heterocycles. The lowest BCUT2D eigenvalue weighted by Gasteiger charge is -2.29. The number of para-hydroxylation sites is 2. The second-order valence-electron chi connectivity index (χ2n) is 5.78. The van der Waals surface area contributed by atoms with Crippen molar-refractivity contribution < 1.29 is 4.79 Å². The Kier molecular flexibility index (Phi) is 4.89. The smallest absolute Gasteiger partial charge is 0.234 e. The predicted molar refractivity (Wildman–Crippen MR) is 109 cm³/mol. The molecule has 2 aliphatic rings. The van der Waals surface area contributed by atoms with Gasteiger partial charge in [0.15, 0.2) is 5.17 Å². The summed E-state index contributed by atoms with van der Waals surface area (Å²) in [7, 11) is 0. The molecule has 5 nitrogen and oxygen atoms in total. The van der Waals surface area contributed by atoms with Gasteiger partial charge in [-0.25, -0.2) is 10.0 Å². The minimum absolute atomic E-state index is 0.146. The molecule has 1 unspecified atom stereocenters. The fraction of sp³-hybridized carbons (Fsp3) is 0.167. The number of halogens is 2. The maximum absolute atomic E-state index is 12.3. The summed E-state index contributed by atoms with van der Waals surface area (Å²) in [6.45, 7) is 0. The number of aliphatic imine (C=N–C) groups is 1. The second-order valence-corrected chi connectivity index (χ2v) is 7.54. The fourth-order valence-electron chi connectivity index (χ4n) is 2.90. The number of amides is 1. The summed E-state index contributed by atoms with van der Waals surface area (Å²) in [5, 5.41) is 10.6. The summed E-state index contributed by atoms with van der Waals surface area (Å²) in [4.78, 5) is 17.0. The van der Waals surface area contributed by atoms with Gasteiger partial charge in [0, 0.05) is 18.2 Å². The fourth-order valence-corrected chi connectivity index (χ4v) is 4.20. The number of fused-ring (bicyclic) bond motifs is 3. The van der Waals surface area contributed by atoms with Crippen LogP contribution >= 0.6 is 35.0 Å². The molecule has 0 spiro atoms. The lowest BCUT2D eigenvalue weighted by atomic mass is 10.0. The Labute approximate surface area is 165 Å². The Morgan fingerprint density at radius 1 is 1.19 bits per heavy atom. The van der Waals surface area contributed by atoms with Crippen LogP contribution in [0.2, 0.25) is 10.0 Å². The average molecular weight is 405 g/mol. The molecule has 0 saturated carbocycles. The maximum atomic E-state index is 12.3. The first kappa shape index (κ1) is 17.4. The van der Waals surface area contributed by atoms with Crippen molar-refractivity contribution in [2.24, 2.45) is 10.1 Å². The van der Waals surface area contributed by atoms with Gasteiger partial charge in [0.2, 0.25) is 5.91 Å². The lowest BCUT2D eigenvalue weighted by molar-refractivity contribution is -0.113. The largest absolute Gasteiger partial charge is 0.323 e. The van der Waals surface area contributed by atoms with E-state index in [0.717, 1.165) is 17.7 Å². The molecule has 0 aromatic heterocycles. The number of hydrogen-bond acceptors (Lipinski definition) is 5. The molecule has 132 valence electrons. The molecule has 4 rings (SSSR count). The molecule has 1 N–H and O–H groups in total. The first-order chi connectivity index (χ1) is 12.6. The van der Waals surface area contributed by atoms with E-state index in [9.17, 15) is 4.79 Å². The highest BCUT2D eigenvalue weighted by molar-refractivity contribution is 8.14. The zero-order valence-electron chi connectivity index (χ0n) is 13.5. The number of anilines is 1. The molecule has 0 aliphatic carbocycles. The topological polar surface area (TPSA) is 57.1 Å². The quantitative estimate of drug-likeness (QED) is 0.773. The van der Waals surface area contributed by atoms with E-state index in [4.69, 9.17) is 23.2 Å². The number of amidine groups is 1. The number of nitrogens with zero attached hydrogens (tertiary/aromatic N) is 3. The number of hydrazone groups is 1. The minimum Gasteiger partial charge on any atom is -0.323 e. The number of hydrogen-bond donors (Lipinski definition) is 1. The summed E-state index contributed by atoms with van der Waals surface area (Å²) < 4.78 is 0. The van der Waals surface area contributed by atoms with Crippen LogP contribution in [0.5, 0.6) is 0 Å². The van der Waals surface area contributed by atoms with Crippen molar-refractivity contribution in [3.63, 3.8) is 0 Å². The van der Waals surface area contributed by atoms with Gasteiger partial charge in [0.05, 0.1) is 33.2 Å².